The normalized spacial score (nSPS) is 32.4. The summed E-state index contributed by atoms with van der Waals surface area (Å²) in [6, 6.07) is 8.87. The first-order valence-electron chi connectivity index (χ1n) is 24.6. The number of carbonyl (C=O) groups excluding carboxylic acids is 2. The van der Waals surface area contributed by atoms with Crippen molar-refractivity contribution >= 4 is 40.2 Å². The molecule has 0 bridgehead atoms. The lowest BCUT2D eigenvalue weighted by Gasteiger charge is -2.72. The predicted molar refractivity (Wildman–Crippen MR) is 275 cm³/mol. The van der Waals surface area contributed by atoms with Gasteiger partial charge in [0.15, 0.2) is 5.78 Å². The Morgan fingerprint density at radius 1 is 0.906 bits per heavy atom. The van der Waals surface area contributed by atoms with E-state index in [9.17, 15) is 19.5 Å². The molecular formula is C56H89NO5P2. The van der Waals surface area contributed by atoms with Gasteiger partial charge in [-0.3, -0.25) is 14.4 Å². The first-order valence-corrected chi connectivity index (χ1v) is 27.6. The number of carboxylic acids is 1. The van der Waals surface area contributed by atoms with Gasteiger partial charge in [0.1, 0.15) is 6.10 Å². The zero-order valence-corrected chi connectivity index (χ0v) is 45.1. The standard InChI is InChI=1S/C41H65NO5.C9H13P.C6H11P/c1-25(2)27-15-20-41(31(42(11)12)23-26(3)43)22-21-39(9)28(34(27)41)13-14-30-38(8)18-17-32(47-33(44)24-36(4,5)35(45)46)37(6,7)29(38)16-19-40(30,39)10;1-3-8-4-6-9(10-2)7-5-8;1-4-5-6(2)7-3/h23,25,28-30,32H,13-22,24H2,1-12H3,(H,45,46);4-7,10H,3H2,1-2H3;4-5,7H,1H2,2-3H3/b31-23-;;6-5+/t28?,29?,30?,32?,38?,39-,40?,41?;;/m1../s1. The summed E-state index contributed by atoms with van der Waals surface area (Å²) in [5, 5.41) is 12.5. The number of aliphatic carboxylic acids is 1. The van der Waals surface area contributed by atoms with Crippen LogP contribution < -0.4 is 5.30 Å². The maximum Gasteiger partial charge on any atom is 0.309 e. The number of benzene rings is 1. The molecule has 358 valence electrons. The van der Waals surface area contributed by atoms with Gasteiger partial charge in [0.2, 0.25) is 0 Å². The van der Waals surface area contributed by atoms with Gasteiger partial charge in [-0.05, 0) is 162 Å². The lowest BCUT2D eigenvalue weighted by atomic mass is 9.33. The first-order chi connectivity index (χ1) is 29.8. The van der Waals surface area contributed by atoms with Gasteiger partial charge in [0, 0.05) is 36.7 Å². The predicted octanol–water partition coefficient (Wildman–Crippen LogP) is 13.8. The highest BCUT2D eigenvalue weighted by atomic mass is 31.1. The number of ketones is 1. The molecule has 1 N–H and O–H groups in total. The van der Waals surface area contributed by atoms with E-state index in [2.05, 4.69) is 125 Å². The third-order valence-electron chi connectivity index (χ3n) is 17.8. The quantitative estimate of drug-likeness (QED) is 0.0739. The molecule has 0 saturated heterocycles. The largest absolute Gasteiger partial charge is 0.481 e. The number of carbonyl (C=O) groups is 3. The van der Waals surface area contributed by atoms with Crippen molar-refractivity contribution in [2.24, 2.45) is 56.2 Å². The number of rotatable bonds is 12. The molecule has 4 fully saturated rings. The summed E-state index contributed by atoms with van der Waals surface area (Å²) in [4.78, 5) is 39.6. The van der Waals surface area contributed by atoms with Gasteiger partial charge in [-0.25, -0.2) is 0 Å². The van der Waals surface area contributed by atoms with Crippen LogP contribution in [-0.4, -0.2) is 61.3 Å². The molecule has 6 rings (SSSR count). The zero-order valence-electron chi connectivity index (χ0n) is 43.1. The highest BCUT2D eigenvalue weighted by Crippen LogP contribution is 2.77. The van der Waals surface area contributed by atoms with E-state index in [0.717, 1.165) is 62.1 Å². The van der Waals surface area contributed by atoms with Crippen molar-refractivity contribution in [2.45, 2.75) is 166 Å². The monoisotopic (exact) mass is 918 g/mol. The number of fused-ring (bicyclic) bond motifs is 7. The van der Waals surface area contributed by atoms with Crippen LogP contribution in [0.15, 0.2) is 71.2 Å². The second-order valence-electron chi connectivity index (χ2n) is 22.7. The van der Waals surface area contributed by atoms with E-state index in [0.29, 0.717) is 23.7 Å². The number of nitrogens with zero attached hydrogens (tertiary/aromatic N) is 1. The fourth-order valence-corrected chi connectivity index (χ4v) is 14.7. The molecule has 64 heavy (non-hydrogen) atoms. The Bertz CT molecular complexity index is 1920. The minimum Gasteiger partial charge on any atom is -0.481 e. The Morgan fingerprint density at radius 2 is 1.55 bits per heavy atom. The number of allylic oxidation sites excluding steroid dienone is 6. The molecule has 0 radical (unpaired) electrons. The van der Waals surface area contributed by atoms with Gasteiger partial charge in [0.05, 0.1) is 11.8 Å². The SMILES string of the molecule is C=C/C=C(\C)PC.CC(=O)/C=C(\N(C)C)C12CCC(C(C)C)=C1C1CCC3C4(C)CCC(OC(=O)CC(C)(C)C(=O)O)C(C)(C)C4CCC3(C)[C@]1(C)CC2.CCc1ccc(PC)cc1. The van der Waals surface area contributed by atoms with Crippen molar-refractivity contribution in [1.29, 1.82) is 0 Å². The molecule has 4 saturated carbocycles. The van der Waals surface area contributed by atoms with Gasteiger partial charge in [-0.15, -0.1) is 0 Å². The van der Waals surface area contributed by atoms with E-state index in [1.165, 1.54) is 47.6 Å². The summed E-state index contributed by atoms with van der Waals surface area (Å²) in [7, 11) is 6.12. The van der Waals surface area contributed by atoms with Crippen LogP contribution in [0, 0.1) is 56.2 Å². The summed E-state index contributed by atoms with van der Waals surface area (Å²) < 4.78 is 6.17. The highest BCUT2D eigenvalue weighted by Gasteiger charge is 2.70. The van der Waals surface area contributed by atoms with E-state index in [1.807, 2.05) is 18.2 Å². The van der Waals surface area contributed by atoms with E-state index in [1.54, 1.807) is 31.9 Å². The number of hydrogen-bond donors (Lipinski definition) is 1. The Morgan fingerprint density at radius 3 is 2.05 bits per heavy atom. The third kappa shape index (κ3) is 10.6. The fourth-order valence-electron chi connectivity index (χ4n) is 13.9. The molecule has 1 aromatic rings. The Kier molecular flexibility index (Phi) is 17.9. The molecule has 5 aliphatic carbocycles. The summed E-state index contributed by atoms with van der Waals surface area (Å²) in [5.74, 6) is 0.845. The number of aryl methyl sites for hydroxylation is 1. The molecule has 0 spiro atoms. The van der Waals surface area contributed by atoms with Crippen molar-refractivity contribution in [3.8, 4) is 0 Å². The second-order valence-corrected chi connectivity index (χ2v) is 25.0. The minimum atomic E-state index is -1.14. The van der Waals surface area contributed by atoms with Crippen molar-refractivity contribution in [3.05, 3.63) is 76.8 Å². The molecule has 5 aliphatic rings. The number of esters is 1. The van der Waals surface area contributed by atoms with Gasteiger partial charge in [-0.2, -0.15) is 0 Å². The topological polar surface area (TPSA) is 83.9 Å². The van der Waals surface area contributed by atoms with Crippen LogP contribution >= 0.6 is 17.2 Å². The molecule has 6 nitrogen and oxygen atoms in total. The van der Waals surface area contributed by atoms with Gasteiger partial charge >= 0.3 is 11.9 Å². The lowest BCUT2D eigenvalue weighted by molar-refractivity contribution is -0.233. The Balaban J connectivity index is 0.000000441. The van der Waals surface area contributed by atoms with Crippen molar-refractivity contribution in [2.75, 3.05) is 27.4 Å². The van der Waals surface area contributed by atoms with E-state index < -0.39 is 11.4 Å². The molecule has 0 aromatic heterocycles. The van der Waals surface area contributed by atoms with Crippen LogP contribution in [0.1, 0.15) is 159 Å². The Hall–Kier alpha value is -2.55. The third-order valence-corrected chi connectivity index (χ3v) is 19.6. The summed E-state index contributed by atoms with van der Waals surface area (Å²) in [5.41, 5.74) is 5.18. The lowest BCUT2D eigenvalue weighted by Crippen LogP contribution is -2.66. The zero-order chi connectivity index (χ0) is 48.2. The molecule has 1 aromatic carbocycles. The van der Waals surface area contributed by atoms with Crippen LogP contribution in [0.3, 0.4) is 0 Å². The number of ether oxygens (including phenoxy) is 1. The first kappa shape index (κ1) is 54.1. The van der Waals surface area contributed by atoms with Gasteiger partial charge < -0.3 is 14.7 Å². The van der Waals surface area contributed by atoms with Crippen LogP contribution in [0.25, 0.3) is 0 Å². The van der Waals surface area contributed by atoms with Crippen molar-refractivity contribution in [1.82, 2.24) is 4.90 Å². The van der Waals surface area contributed by atoms with Gasteiger partial charge in [-0.1, -0.05) is 132 Å². The second kappa shape index (κ2) is 21.2. The molecule has 0 aliphatic heterocycles. The summed E-state index contributed by atoms with van der Waals surface area (Å²) in [6.45, 7) is 34.4. The van der Waals surface area contributed by atoms with Crippen molar-refractivity contribution in [3.63, 3.8) is 0 Å². The van der Waals surface area contributed by atoms with E-state index in [4.69, 9.17) is 4.74 Å². The van der Waals surface area contributed by atoms with Gasteiger partial charge in [0.25, 0.3) is 0 Å². The summed E-state index contributed by atoms with van der Waals surface area (Å²) >= 11 is 0. The molecular weight excluding hydrogens is 829 g/mol. The van der Waals surface area contributed by atoms with Crippen LogP contribution in [0.5, 0.6) is 0 Å². The van der Waals surface area contributed by atoms with Crippen LogP contribution in [0.2, 0.25) is 0 Å². The smallest absolute Gasteiger partial charge is 0.309 e. The molecule has 8 heteroatoms. The highest BCUT2D eigenvalue weighted by molar-refractivity contribution is 7.46. The maximum atomic E-state index is 13.1. The molecule has 0 heterocycles. The molecule has 10 atom stereocenters. The van der Waals surface area contributed by atoms with Crippen LogP contribution in [0.4, 0.5) is 0 Å². The summed E-state index contributed by atoms with van der Waals surface area (Å²) in [6.07, 6.45) is 17.8. The van der Waals surface area contributed by atoms with Crippen LogP contribution in [-0.2, 0) is 25.5 Å². The fraction of sp³-hybridized carbons (Fsp3) is 0.696. The molecule has 0 amide bonds. The average Bonchev–Trinajstić information content (AvgIpc) is 3.62. The van der Waals surface area contributed by atoms with Crippen molar-refractivity contribution < 1.29 is 24.2 Å². The minimum absolute atomic E-state index is 0.0393. The maximum absolute atomic E-state index is 13.1. The number of hydrogen-bond acceptors (Lipinski definition) is 5. The Labute approximate surface area is 394 Å². The van der Waals surface area contributed by atoms with E-state index in [-0.39, 0.29) is 51.4 Å². The average molecular weight is 918 g/mol. The number of carboxylic acid groups (broad SMARTS) is 1. The van der Waals surface area contributed by atoms with E-state index >= 15 is 0 Å². The molecule has 9 unspecified atom stereocenters.